The monoisotopic (exact) mass is 542 g/mol. The average molecular weight is 544 g/mol. The third-order valence-electron chi connectivity index (χ3n) is 4.70. The van der Waals surface area contributed by atoms with Gasteiger partial charge in [-0.25, -0.2) is 4.68 Å². The Morgan fingerprint density at radius 1 is 1.03 bits per heavy atom. The van der Waals surface area contributed by atoms with E-state index < -0.39 is 11.8 Å². The summed E-state index contributed by atoms with van der Waals surface area (Å²) in [5.74, 6) is -0.420. The fourth-order valence-corrected chi connectivity index (χ4v) is 3.75. The Balaban J connectivity index is 1.44. The van der Waals surface area contributed by atoms with Crippen LogP contribution in [-0.4, -0.2) is 31.4 Å². The zero-order valence-electron chi connectivity index (χ0n) is 18.0. The lowest BCUT2D eigenvalue weighted by atomic mass is 10.3. The first-order valence-electron chi connectivity index (χ1n) is 10.3. The zero-order chi connectivity index (χ0) is 24.1. The molecule has 2 amide bonds. The van der Waals surface area contributed by atoms with Crippen molar-refractivity contribution in [1.29, 1.82) is 0 Å². The first kappa shape index (κ1) is 23.5. The number of hydrogen-bond donors (Lipinski definition) is 2. The SMILES string of the molecule is CCn1cc(NC(=O)c2ccn(COc3ccc(Br)cc3Cl)n2)c(C(=O)Nc2ccccc2)n1. The summed E-state index contributed by atoms with van der Waals surface area (Å²) in [6.07, 6.45) is 3.22. The van der Waals surface area contributed by atoms with E-state index in [-0.39, 0.29) is 23.8 Å². The van der Waals surface area contributed by atoms with Gasteiger partial charge in [-0.2, -0.15) is 10.2 Å². The molecule has 4 aromatic rings. The van der Waals surface area contributed by atoms with Crippen molar-refractivity contribution >= 4 is 50.7 Å². The van der Waals surface area contributed by atoms with Crippen LogP contribution in [0.1, 0.15) is 27.9 Å². The average Bonchev–Trinajstić information content (AvgIpc) is 3.46. The van der Waals surface area contributed by atoms with E-state index in [0.717, 1.165) is 4.47 Å². The molecule has 174 valence electrons. The third kappa shape index (κ3) is 5.64. The second-order valence-electron chi connectivity index (χ2n) is 7.11. The number of nitrogens with zero attached hydrogens (tertiary/aromatic N) is 4. The maximum absolute atomic E-state index is 12.8. The van der Waals surface area contributed by atoms with Gasteiger partial charge in [-0.1, -0.05) is 45.7 Å². The highest BCUT2D eigenvalue weighted by molar-refractivity contribution is 9.10. The summed E-state index contributed by atoms with van der Waals surface area (Å²) in [5.41, 5.74) is 1.17. The van der Waals surface area contributed by atoms with Crippen molar-refractivity contribution in [3.63, 3.8) is 0 Å². The van der Waals surface area contributed by atoms with Crippen molar-refractivity contribution in [3.8, 4) is 5.75 Å². The minimum Gasteiger partial charge on any atom is -0.470 e. The molecule has 0 aliphatic heterocycles. The van der Waals surface area contributed by atoms with Crippen molar-refractivity contribution in [3.05, 3.63) is 87.9 Å². The summed E-state index contributed by atoms with van der Waals surface area (Å²) >= 11 is 9.50. The van der Waals surface area contributed by atoms with Crippen molar-refractivity contribution in [1.82, 2.24) is 19.6 Å². The van der Waals surface area contributed by atoms with Crippen LogP contribution in [0.15, 0.2) is 71.5 Å². The van der Waals surface area contributed by atoms with Gasteiger partial charge in [-0.3, -0.25) is 14.3 Å². The number of benzene rings is 2. The van der Waals surface area contributed by atoms with Gasteiger partial charge in [0.25, 0.3) is 11.8 Å². The summed E-state index contributed by atoms with van der Waals surface area (Å²) in [5, 5.41) is 14.5. The van der Waals surface area contributed by atoms with Gasteiger partial charge in [0.1, 0.15) is 5.75 Å². The largest absolute Gasteiger partial charge is 0.470 e. The highest BCUT2D eigenvalue weighted by atomic mass is 79.9. The van der Waals surface area contributed by atoms with Crippen LogP contribution in [0.5, 0.6) is 5.75 Å². The van der Waals surface area contributed by atoms with Gasteiger partial charge in [0.2, 0.25) is 0 Å². The number of aryl methyl sites for hydroxylation is 1. The Hall–Kier alpha value is -3.63. The first-order valence-corrected chi connectivity index (χ1v) is 11.5. The quantitative estimate of drug-likeness (QED) is 0.323. The number of rotatable bonds is 8. The molecule has 2 N–H and O–H groups in total. The molecule has 2 aromatic heterocycles. The number of nitrogens with one attached hydrogen (secondary N) is 2. The van der Waals surface area contributed by atoms with Gasteiger partial charge >= 0.3 is 0 Å². The van der Waals surface area contributed by atoms with Crippen LogP contribution in [0.25, 0.3) is 0 Å². The van der Waals surface area contributed by atoms with Gasteiger partial charge in [0, 0.05) is 29.1 Å². The zero-order valence-corrected chi connectivity index (χ0v) is 20.4. The molecule has 0 saturated carbocycles. The second kappa shape index (κ2) is 10.5. The molecule has 9 nitrogen and oxygen atoms in total. The van der Waals surface area contributed by atoms with E-state index in [4.69, 9.17) is 16.3 Å². The maximum atomic E-state index is 12.8. The predicted octanol–water partition coefficient (Wildman–Crippen LogP) is 5.06. The summed E-state index contributed by atoms with van der Waals surface area (Å²) in [4.78, 5) is 25.6. The van der Waals surface area contributed by atoms with Crippen LogP contribution in [0.2, 0.25) is 5.02 Å². The molecule has 34 heavy (non-hydrogen) atoms. The molecule has 0 fully saturated rings. The summed E-state index contributed by atoms with van der Waals surface area (Å²) < 4.78 is 9.54. The van der Waals surface area contributed by atoms with Crippen molar-refractivity contribution < 1.29 is 14.3 Å². The second-order valence-corrected chi connectivity index (χ2v) is 8.43. The van der Waals surface area contributed by atoms with E-state index in [2.05, 4.69) is 36.8 Å². The summed E-state index contributed by atoms with van der Waals surface area (Å²) in [6, 6.07) is 15.8. The van der Waals surface area contributed by atoms with Gasteiger partial charge < -0.3 is 15.4 Å². The smallest absolute Gasteiger partial charge is 0.278 e. The normalized spacial score (nSPS) is 10.7. The molecule has 0 atom stereocenters. The fraction of sp³-hybridized carbons (Fsp3) is 0.130. The van der Waals surface area contributed by atoms with Crippen LogP contribution in [0.3, 0.4) is 0 Å². The Labute approximate surface area is 208 Å². The summed E-state index contributed by atoms with van der Waals surface area (Å²) in [7, 11) is 0. The lowest BCUT2D eigenvalue weighted by Gasteiger charge is -2.08. The van der Waals surface area contributed by atoms with Gasteiger partial charge in [0.15, 0.2) is 18.1 Å². The molecule has 0 aliphatic rings. The van der Waals surface area contributed by atoms with E-state index in [1.165, 1.54) is 4.68 Å². The Kier molecular flexibility index (Phi) is 7.29. The molecule has 0 radical (unpaired) electrons. The fourth-order valence-electron chi connectivity index (χ4n) is 3.02. The number of halogens is 2. The number of hydrogen-bond acceptors (Lipinski definition) is 5. The molecule has 2 aromatic carbocycles. The van der Waals surface area contributed by atoms with Crippen LogP contribution >= 0.6 is 27.5 Å². The number of carbonyl (C=O) groups excluding carboxylic acids is 2. The molecule has 2 heterocycles. The Bertz CT molecular complexity index is 1320. The molecule has 11 heteroatoms. The Morgan fingerprint density at radius 3 is 2.56 bits per heavy atom. The third-order valence-corrected chi connectivity index (χ3v) is 5.49. The number of para-hydroxylation sites is 1. The molecule has 0 aliphatic carbocycles. The van der Waals surface area contributed by atoms with Crippen LogP contribution in [0, 0.1) is 0 Å². The molecule has 0 spiro atoms. The lowest BCUT2D eigenvalue weighted by Crippen LogP contribution is -2.18. The molecule has 0 saturated heterocycles. The number of aromatic nitrogens is 4. The van der Waals surface area contributed by atoms with Crippen LogP contribution in [-0.2, 0) is 13.3 Å². The van der Waals surface area contributed by atoms with E-state index in [0.29, 0.717) is 23.0 Å². The van der Waals surface area contributed by atoms with Crippen molar-refractivity contribution in [2.75, 3.05) is 10.6 Å². The lowest BCUT2D eigenvalue weighted by molar-refractivity contribution is 0.102. The van der Waals surface area contributed by atoms with E-state index >= 15 is 0 Å². The highest BCUT2D eigenvalue weighted by Crippen LogP contribution is 2.28. The molecular weight excluding hydrogens is 524 g/mol. The maximum Gasteiger partial charge on any atom is 0.278 e. The van der Waals surface area contributed by atoms with E-state index in [1.54, 1.807) is 47.4 Å². The van der Waals surface area contributed by atoms with Crippen molar-refractivity contribution in [2.24, 2.45) is 0 Å². The Morgan fingerprint density at radius 2 is 1.82 bits per heavy atom. The van der Waals surface area contributed by atoms with Crippen LogP contribution in [0.4, 0.5) is 11.4 Å². The number of amides is 2. The molecular formula is C23H20BrClN6O3. The topological polar surface area (TPSA) is 103 Å². The molecule has 4 rings (SSSR count). The number of carbonyl (C=O) groups is 2. The minimum atomic E-state index is -0.482. The highest BCUT2D eigenvalue weighted by Gasteiger charge is 2.20. The molecule has 0 bridgehead atoms. The first-order chi connectivity index (χ1) is 16.4. The van der Waals surface area contributed by atoms with Gasteiger partial charge in [-0.05, 0) is 43.3 Å². The number of ether oxygens (including phenoxy) is 1. The van der Waals surface area contributed by atoms with E-state index in [1.807, 2.05) is 31.2 Å². The standard InChI is InChI=1S/C23H20BrClN6O3/c1-2-30-13-19(21(29-30)23(33)26-16-6-4-3-5-7-16)27-22(32)18-10-11-31(28-18)14-34-20-9-8-15(24)12-17(20)25/h3-13H,2,14H2,1H3,(H,26,33)(H,27,32). The minimum absolute atomic E-state index is 0.0626. The van der Waals surface area contributed by atoms with Gasteiger partial charge in [0.05, 0.1) is 10.7 Å². The summed E-state index contributed by atoms with van der Waals surface area (Å²) in [6.45, 7) is 2.48. The van der Waals surface area contributed by atoms with Crippen LogP contribution < -0.4 is 15.4 Å². The van der Waals surface area contributed by atoms with Crippen molar-refractivity contribution in [2.45, 2.75) is 20.2 Å². The van der Waals surface area contributed by atoms with Gasteiger partial charge in [-0.15, -0.1) is 0 Å². The molecule has 0 unspecified atom stereocenters. The predicted molar refractivity (Wildman–Crippen MR) is 132 cm³/mol. The number of anilines is 2. The van der Waals surface area contributed by atoms with E-state index in [9.17, 15) is 9.59 Å².